The van der Waals surface area contributed by atoms with Crippen LogP contribution in [0.5, 0.6) is 0 Å². The van der Waals surface area contributed by atoms with E-state index < -0.39 is 8.32 Å². The standard InChI is InChI=1S/C21H24BrFOSSi/c1-21(2,26(3,4)24)13-17(16-12-15(22)9-10-18(16)23)20-11-14-7-5-6-8-19(14)25-20/h5-12,17,24H,13H2,1-4H3. The number of hydrogen-bond acceptors (Lipinski definition) is 2. The van der Waals surface area contributed by atoms with Crippen LogP contribution < -0.4 is 0 Å². The van der Waals surface area contributed by atoms with Crippen molar-refractivity contribution in [1.82, 2.24) is 0 Å². The molecular weight excluding hydrogens is 427 g/mol. The molecule has 3 aromatic rings. The monoisotopic (exact) mass is 450 g/mol. The molecule has 1 aromatic heterocycles. The van der Waals surface area contributed by atoms with Gasteiger partial charge in [-0.25, -0.2) is 4.39 Å². The second-order valence-electron chi connectivity index (χ2n) is 8.05. The lowest BCUT2D eigenvalue weighted by atomic mass is 9.88. The van der Waals surface area contributed by atoms with E-state index in [1.807, 2.05) is 31.3 Å². The Balaban J connectivity index is 2.14. The molecule has 0 saturated heterocycles. The Morgan fingerprint density at radius 3 is 2.50 bits per heavy atom. The summed E-state index contributed by atoms with van der Waals surface area (Å²) in [6, 6.07) is 15.6. The Labute approximate surface area is 168 Å². The third-order valence-electron chi connectivity index (χ3n) is 5.49. The summed E-state index contributed by atoms with van der Waals surface area (Å²) < 4.78 is 16.8. The Morgan fingerprint density at radius 2 is 1.85 bits per heavy atom. The molecule has 2 aromatic carbocycles. The van der Waals surface area contributed by atoms with Gasteiger partial charge in [-0.3, -0.25) is 0 Å². The van der Waals surface area contributed by atoms with Crippen LogP contribution in [-0.2, 0) is 0 Å². The van der Waals surface area contributed by atoms with Crippen LogP contribution in [0.25, 0.3) is 10.1 Å². The molecule has 0 bridgehead atoms. The highest BCUT2D eigenvalue weighted by Gasteiger charge is 2.41. The average Bonchev–Trinajstić information content (AvgIpc) is 2.98. The zero-order valence-corrected chi connectivity index (χ0v) is 18.9. The molecule has 0 aliphatic carbocycles. The molecule has 0 spiro atoms. The summed E-state index contributed by atoms with van der Waals surface area (Å²) in [5.41, 5.74) is 0.692. The van der Waals surface area contributed by atoms with E-state index in [1.54, 1.807) is 17.4 Å². The van der Waals surface area contributed by atoms with E-state index in [1.165, 1.54) is 16.2 Å². The lowest BCUT2D eigenvalue weighted by Crippen LogP contribution is -2.40. The highest BCUT2D eigenvalue weighted by atomic mass is 79.9. The molecule has 0 radical (unpaired) electrons. The van der Waals surface area contributed by atoms with E-state index in [9.17, 15) is 9.19 Å². The predicted molar refractivity (Wildman–Crippen MR) is 116 cm³/mol. The van der Waals surface area contributed by atoms with Gasteiger partial charge in [0.1, 0.15) is 5.82 Å². The minimum absolute atomic E-state index is 0.0844. The average molecular weight is 451 g/mol. The van der Waals surface area contributed by atoms with Gasteiger partial charge in [-0.2, -0.15) is 0 Å². The smallest absolute Gasteiger partial charge is 0.188 e. The number of fused-ring (bicyclic) bond motifs is 1. The quantitative estimate of drug-likeness (QED) is 0.404. The van der Waals surface area contributed by atoms with Crippen molar-refractivity contribution in [3.8, 4) is 0 Å². The maximum absolute atomic E-state index is 14.8. The fourth-order valence-electron chi connectivity index (χ4n) is 3.08. The molecule has 26 heavy (non-hydrogen) atoms. The maximum atomic E-state index is 14.8. The molecule has 3 rings (SSSR count). The number of thiophene rings is 1. The molecule has 0 saturated carbocycles. The van der Waals surface area contributed by atoms with Gasteiger partial charge >= 0.3 is 0 Å². The van der Waals surface area contributed by atoms with Gasteiger partial charge in [-0.1, -0.05) is 48.0 Å². The molecule has 0 amide bonds. The fourth-order valence-corrected chi connectivity index (χ4v) is 5.35. The van der Waals surface area contributed by atoms with E-state index in [4.69, 9.17) is 0 Å². The SMILES string of the molecule is CC(C)(CC(c1cc2ccccc2s1)c1cc(Br)ccc1F)[Si](C)(C)O. The topological polar surface area (TPSA) is 20.2 Å². The van der Waals surface area contributed by atoms with Gasteiger partial charge < -0.3 is 4.80 Å². The molecular formula is C21H24BrFOSSi. The van der Waals surface area contributed by atoms with E-state index >= 15 is 0 Å². The second-order valence-corrected chi connectivity index (χ2v) is 14.6. The second kappa shape index (κ2) is 7.19. The van der Waals surface area contributed by atoms with Gasteiger partial charge in [0, 0.05) is 20.0 Å². The Kier molecular flexibility index (Phi) is 5.46. The van der Waals surface area contributed by atoms with Crippen molar-refractivity contribution in [1.29, 1.82) is 0 Å². The zero-order chi connectivity index (χ0) is 19.1. The lowest BCUT2D eigenvalue weighted by molar-refractivity contribution is 0.434. The van der Waals surface area contributed by atoms with Gasteiger partial charge in [0.15, 0.2) is 8.32 Å². The molecule has 1 heterocycles. The van der Waals surface area contributed by atoms with Crippen LogP contribution >= 0.6 is 27.3 Å². The van der Waals surface area contributed by atoms with Gasteiger partial charge in [0.2, 0.25) is 0 Å². The summed E-state index contributed by atoms with van der Waals surface area (Å²) in [5.74, 6) is -0.275. The molecule has 1 atom stereocenters. The summed E-state index contributed by atoms with van der Waals surface area (Å²) >= 11 is 5.20. The highest BCUT2D eigenvalue weighted by molar-refractivity contribution is 9.10. The maximum Gasteiger partial charge on any atom is 0.188 e. The molecule has 1 unspecified atom stereocenters. The number of halogens is 2. The lowest BCUT2D eigenvalue weighted by Gasteiger charge is -2.38. The summed E-state index contributed by atoms with van der Waals surface area (Å²) in [6.45, 7) is 8.14. The molecule has 1 N–H and O–H groups in total. The van der Waals surface area contributed by atoms with E-state index in [0.717, 1.165) is 9.35 Å². The summed E-state index contributed by atoms with van der Waals surface area (Å²) in [7, 11) is -2.41. The zero-order valence-electron chi connectivity index (χ0n) is 15.5. The number of benzene rings is 2. The highest BCUT2D eigenvalue weighted by Crippen LogP contribution is 2.48. The molecule has 0 aliphatic rings. The summed E-state index contributed by atoms with van der Waals surface area (Å²) in [6.07, 6.45) is 0.711. The third kappa shape index (κ3) is 3.96. The van der Waals surface area contributed by atoms with Crippen molar-refractivity contribution >= 4 is 45.7 Å². The minimum Gasteiger partial charge on any atom is -0.432 e. The van der Waals surface area contributed by atoms with Crippen LogP contribution in [0.1, 0.15) is 36.6 Å². The van der Waals surface area contributed by atoms with Gasteiger partial charge in [0.05, 0.1) is 0 Å². The van der Waals surface area contributed by atoms with Crippen LogP contribution in [0.15, 0.2) is 53.0 Å². The van der Waals surface area contributed by atoms with Crippen molar-refractivity contribution in [3.63, 3.8) is 0 Å². The van der Waals surface area contributed by atoms with E-state index in [0.29, 0.717) is 12.0 Å². The van der Waals surface area contributed by atoms with Crippen molar-refractivity contribution in [2.24, 2.45) is 0 Å². The first-order valence-electron chi connectivity index (χ1n) is 8.74. The molecule has 1 nitrogen and oxygen atoms in total. The van der Waals surface area contributed by atoms with Crippen molar-refractivity contribution in [2.75, 3.05) is 0 Å². The largest absolute Gasteiger partial charge is 0.432 e. The summed E-state index contributed by atoms with van der Waals surface area (Å²) in [4.78, 5) is 11.9. The van der Waals surface area contributed by atoms with Crippen molar-refractivity contribution in [3.05, 3.63) is 69.3 Å². The predicted octanol–water partition coefficient (Wildman–Crippen LogP) is 7.30. The van der Waals surface area contributed by atoms with Crippen LogP contribution in [-0.4, -0.2) is 13.1 Å². The summed E-state index contributed by atoms with van der Waals surface area (Å²) in [5, 5.41) is 0.939. The first-order valence-corrected chi connectivity index (χ1v) is 13.3. The molecule has 5 heteroatoms. The first kappa shape index (κ1) is 19.7. The molecule has 0 aliphatic heterocycles. The Hall–Kier alpha value is -1.01. The van der Waals surface area contributed by atoms with Crippen LogP contribution in [0.4, 0.5) is 4.39 Å². The van der Waals surface area contributed by atoms with Crippen LogP contribution in [0.3, 0.4) is 0 Å². The van der Waals surface area contributed by atoms with Crippen molar-refractivity contribution in [2.45, 2.75) is 44.3 Å². The van der Waals surface area contributed by atoms with Crippen LogP contribution in [0.2, 0.25) is 18.1 Å². The van der Waals surface area contributed by atoms with Gasteiger partial charge in [-0.05, 0) is 65.8 Å². The van der Waals surface area contributed by atoms with E-state index in [2.05, 4.69) is 48.0 Å². The van der Waals surface area contributed by atoms with Crippen LogP contribution in [0, 0.1) is 5.82 Å². The van der Waals surface area contributed by atoms with Gasteiger partial charge in [0.25, 0.3) is 0 Å². The fraction of sp³-hybridized carbons (Fsp3) is 0.333. The number of hydrogen-bond donors (Lipinski definition) is 1. The Bertz CT molecular complexity index is 896. The third-order valence-corrected chi connectivity index (χ3v) is 10.7. The van der Waals surface area contributed by atoms with Gasteiger partial charge in [-0.15, -0.1) is 11.3 Å². The minimum atomic E-state index is -2.41. The van der Waals surface area contributed by atoms with E-state index in [-0.39, 0.29) is 16.8 Å². The molecule has 0 fully saturated rings. The van der Waals surface area contributed by atoms with Crippen molar-refractivity contribution < 1.29 is 9.19 Å². The molecule has 138 valence electrons. The number of rotatable bonds is 5. The normalized spacial score (nSPS) is 14.0. The Morgan fingerprint density at radius 1 is 1.15 bits per heavy atom. The first-order chi connectivity index (χ1) is 12.1.